The normalized spacial score (nSPS) is 15.9. The molecule has 1 atom stereocenters. The van der Waals surface area contributed by atoms with E-state index in [0.717, 1.165) is 30.2 Å². The highest BCUT2D eigenvalue weighted by Gasteiger charge is 2.32. The van der Waals surface area contributed by atoms with Gasteiger partial charge in [0, 0.05) is 23.2 Å². The predicted octanol–water partition coefficient (Wildman–Crippen LogP) is 6.61. The fraction of sp³-hybridized carbons (Fsp3) is 0.280. The van der Waals surface area contributed by atoms with Crippen LogP contribution >= 0.6 is 11.8 Å². The Balaban J connectivity index is 1.57. The molecule has 1 nitrogen and oxygen atoms in total. The Morgan fingerprint density at radius 1 is 0.933 bits per heavy atom. The number of fused-ring (bicyclic) bond motifs is 1. The molecule has 0 fully saturated rings. The molecule has 3 aromatic carbocycles. The molecule has 0 saturated carbocycles. The Kier molecular flexibility index (Phi) is 6.21. The second kappa shape index (κ2) is 8.86. The number of halogens is 3. The minimum Gasteiger partial charge on any atom is -0.396 e. The van der Waals surface area contributed by atoms with Crippen molar-refractivity contribution >= 4 is 11.8 Å². The maximum atomic E-state index is 13.1. The molecule has 0 radical (unpaired) electrons. The van der Waals surface area contributed by atoms with Gasteiger partial charge >= 0.3 is 6.18 Å². The predicted molar refractivity (Wildman–Crippen MR) is 115 cm³/mol. The van der Waals surface area contributed by atoms with E-state index in [2.05, 4.69) is 30.3 Å². The van der Waals surface area contributed by atoms with Crippen molar-refractivity contribution in [3.05, 3.63) is 100 Å². The molecular formula is C25H23F3OS. The zero-order valence-electron chi connectivity index (χ0n) is 16.5. The van der Waals surface area contributed by atoms with E-state index < -0.39 is 11.7 Å². The lowest BCUT2D eigenvalue weighted by Gasteiger charge is -2.19. The number of hydrogen-bond donors (Lipinski definition) is 1. The standard InChI is InChI=1S/C25H23F3OS/c26-25(27,28)20-7-10-22(19(14-20)12-13-29)24-9-6-18-15-21(8-11-23(18)24)30-16-17-4-2-1-3-5-17/h1-5,7-8,10-11,14-15,24,29H,6,9,12-13,16H2/t24-/m1/s1. The smallest absolute Gasteiger partial charge is 0.396 e. The first kappa shape index (κ1) is 21.0. The van der Waals surface area contributed by atoms with Gasteiger partial charge in [0.2, 0.25) is 0 Å². The number of hydrogen-bond acceptors (Lipinski definition) is 2. The molecule has 0 unspecified atom stereocenters. The summed E-state index contributed by atoms with van der Waals surface area (Å²) in [5.41, 5.74) is 4.58. The first-order chi connectivity index (χ1) is 14.5. The van der Waals surface area contributed by atoms with Gasteiger partial charge in [-0.05, 0) is 71.3 Å². The van der Waals surface area contributed by atoms with Crippen LogP contribution in [-0.2, 0) is 24.8 Å². The molecule has 1 aliphatic rings. The molecule has 0 aromatic heterocycles. The topological polar surface area (TPSA) is 20.2 Å². The highest BCUT2D eigenvalue weighted by atomic mass is 32.2. The molecule has 30 heavy (non-hydrogen) atoms. The Labute approximate surface area is 179 Å². The average molecular weight is 429 g/mol. The molecule has 4 rings (SSSR count). The van der Waals surface area contributed by atoms with Gasteiger partial charge in [0.15, 0.2) is 0 Å². The van der Waals surface area contributed by atoms with Crippen molar-refractivity contribution < 1.29 is 18.3 Å². The van der Waals surface area contributed by atoms with Crippen molar-refractivity contribution in [1.82, 2.24) is 0 Å². The molecule has 0 spiro atoms. The number of aliphatic hydroxyl groups excluding tert-OH is 1. The summed E-state index contributed by atoms with van der Waals surface area (Å²) >= 11 is 1.79. The summed E-state index contributed by atoms with van der Waals surface area (Å²) in [4.78, 5) is 1.21. The van der Waals surface area contributed by atoms with Crippen LogP contribution in [0.1, 0.15) is 45.7 Å². The maximum Gasteiger partial charge on any atom is 0.416 e. The fourth-order valence-electron chi connectivity index (χ4n) is 4.21. The molecule has 0 bridgehead atoms. The van der Waals surface area contributed by atoms with E-state index in [1.165, 1.54) is 27.7 Å². The lowest BCUT2D eigenvalue weighted by Crippen LogP contribution is -2.09. The molecule has 5 heteroatoms. The minimum absolute atomic E-state index is 0.0806. The third-order valence-corrected chi connectivity index (χ3v) is 6.73. The third-order valence-electron chi connectivity index (χ3n) is 5.67. The van der Waals surface area contributed by atoms with Crippen LogP contribution in [-0.4, -0.2) is 11.7 Å². The van der Waals surface area contributed by atoms with Crippen LogP contribution in [0.2, 0.25) is 0 Å². The fourth-order valence-corrected chi connectivity index (χ4v) is 5.12. The summed E-state index contributed by atoms with van der Waals surface area (Å²) in [6, 6.07) is 20.7. The number of thioether (sulfide) groups is 1. The Morgan fingerprint density at radius 2 is 1.70 bits per heavy atom. The van der Waals surface area contributed by atoms with Crippen LogP contribution < -0.4 is 0 Å². The summed E-state index contributed by atoms with van der Waals surface area (Å²) in [5, 5.41) is 9.38. The minimum atomic E-state index is -4.37. The van der Waals surface area contributed by atoms with Gasteiger partial charge in [0.1, 0.15) is 0 Å². The number of aliphatic hydroxyl groups is 1. The SMILES string of the molecule is OCCc1cc(C(F)(F)F)ccc1[C@H]1CCc2cc(SCc3ccccc3)ccc21. The third kappa shape index (κ3) is 4.57. The highest BCUT2D eigenvalue weighted by Crippen LogP contribution is 2.42. The van der Waals surface area contributed by atoms with Crippen LogP contribution in [0.3, 0.4) is 0 Å². The van der Waals surface area contributed by atoms with Gasteiger partial charge in [-0.1, -0.05) is 42.5 Å². The van der Waals surface area contributed by atoms with Crippen molar-refractivity contribution in [2.45, 2.75) is 42.0 Å². The van der Waals surface area contributed by atoms with E-state index in [1.54, 1.807) is 17.8 Å². The Morgan fingerprint density at radius 3 is 2.43 bits per heavy atom. The molecular weight excluding hydrogens is 405 g/mol. The summed E-state index contributed by atoms with van der Waals surface area (Å²) in [6.07, 6.45) is -2.34. The van der Waals surface area contributed by atoms with Gasteiger partial charge in [0.25, 0.3) is 0 Å². The second-order valence-corrected chi connectivity index (χ2v) is 8.66. The molecule has 0 saturated heterocycles. The molecule has 3 aromatic rings. The summed E-state index contributed by atoms with van der Waals surface area (Å²) in [6.45, 7) is -0.164. The monoisotopic (exact) mass is 428 g/mol. The van der Waals surface area contributed by atoms with Crippen LogP contribution in [0.15, 0.2) is 71.6 Å². The Hall–Kier alpha value is -2.24. The quantitative estimate of drug-likeness (QED) is 0.446. The first-order valence-electron chi connectivity index (χ1n) is 10.1. The van der Waals surface area contributed by atoms with E-state index in [-0.39, 0.29) is 18.9 Å². The Bertz CT molecular complexity index is 1010. The van der Waals surface area contributed by atoms with Crippen LogP contribution in [0, 0.1) is 0 Å². The molecule has 0 heterocycles. The molecule has 1 aliphatic carbocycles. The van der Waals surface area contributed by atoms with Crippen molar-refractivity contribution in [2.75, 3.05) is 6.61 Å². The molecule has 0 aliphatic heterocycles. The molecule has 156 valence electrons. The van der Waals surface area contributed by atoms with E-state index in [4.69, 9.17) is 0 Å². The average Bonchev–Trinajstić information content (AvgIpc) is 3.15. The summed E-state index contributed by atoms with van der Waals surface area (Å²) in [7, 11) is 0. The van der Waals surface area contributed by atoms with Crippen LogP contribution in [0.4, 0.5) is 13.2 Å². The largest absolute Gasteiger partial charge is 0.416 e. The van der Waals surface area contributed by atoms with Crippen molar-refractivity contribution in [3.8, 4) is 0 Å². The molecule has 0 amide bonds. The van der Waals surface area contributed by atoms with Gasteiger partial charge in [0.05, 0.1) is 5.56 Å². The van der Waals surface area contributed by atoms with Crippen molar-refractivity contribution in [3.63, 3.8) is 0 Å². The number of aryl methyl sites for hydroxylation is 1. The summed E-state index contributed by atoms with van der Waals surface area (Å²) < 4.78 is 39.4. The summed E-state index contributed by atoms with van der Waals surface area (Å²) in [5.74, 6) is 0.986. The zero-order valence-corrected chi connectivity index (χ0v) is 17.3. The van der Waals surface area contributed by atoms with Gasteiger partial charge in [-0.2, -0.15) is 13.2 Å². The van der Waals surface area contributed by atoms with Crippen molar-refractivity contribution in [2.24, 2.45) is 0 Å². The van der Waals surface area contributed by atoms with Gasteiger partial charge < -0.3 is 5.11 Å². The van der Waals surface area contributed by atoms with E-state index in [0.29, 0.717) is 5.56 Å². The molecule has 1 N–H and O–H groups in total. The maximum absolute atomic E-state index is 13.1. The number of benzene rings is 3. The first-order valence-corrected chi connectivity index (χ1v) is 11.0. The highest BCUT2D eigenvalue weighted by molar-refractivity contribution is 7.98. The second-order valence-electron chi connectivity index (χ2n) is 7.61. The van der Waals surface area contributed by atoms with Gasteiger partial charge in [-0.25, -0.2) is 0 Å². The lowest BCUT2D eigenvalue weighted by atomic mass is 9.87. The van der Waals surface area contributed by atoms with E-state index >= 15 is 0 Å². The van der Waals surface area contributed by atoms with E-state index in [1.807, 2.05) is 18.2 Å². The van der Waals surface area contributed by atoms with Gasteiger partial charge in [-0.3, -0.25) is 0 Å². The van der Waals surface area contributed by atoms with Gasteiger partial charge in [-0.15, -0.1) is 11.8 Å². The number of alkyl halides is 3. The zero-order chi connectivity index (χ0) is 21.1. The van der Waals surface area contributed by atoms with Crippen LogP contribution in [0.5, 0.6) is 0 Å². The lowest BCUT2D eigenvalue weighted by molar-refractivity contribution is -0.137. The number of rotatable bonds is 6. The van der Waals surface area contributed by atoms with E-state index in [9.17, 15) is 18.3 Å². The van der Waals surface area contributed by atoms with Crippen molar-refractivity contribution in [1.29, 1.82) is 0 Å². The van der Waals surface area contributed by atoms with Crippen LogP contribution in [0.25, 0.3) is 0 Å².